The zero-order valence-electron chi connectivity index (χ0n) is 10.7. The van der Waals surface area contributed by atoms with Gasteiger partial charge in [0.2, 0.25) is 0 Å². The van der Waals surface area contributed by atoms with Crippen LogP contribution in [0.2, 0.25) is 0 Å². The van der Waals surface area contributed by atoms with E-state index in [-0.39, 0.29) is 18.4 Å². The number of carbonyl (C=O) groups excluding carboxylic acids is 2. The van der Waals surface area contributed by atoms with E-state index in [0.717, 1.165) is 12.5 Å². The van der Waals surface area contributed by atoms with Gasteiger partial charge in [0.1, 0.15) is 5.75 Å². The summed E-state index contributed by atoms with van der Waals surface area (Å²) in [6, 6.07) is 5.06. The summed E-state index contributed by atoms with van der Waals surface area (Å²) in [4.78, 5) is 23.1. The van der Waals surface area contributed by atoms with Gasteiger partial charge in [0.25, 0.3) is 11.8 Å². The molecule has 2 aliphatic rings. The van der Waals surface area contributed by atoms with Crippen LogP contribution in [0.4, 0.5) is 5.69 Å². The minimum atomic E-state index is -0.174. The molecule has 1 aliphatic heterocycles. The van der Waals surface area contributed by atoms with E-state index in [9.17, 15) is 9.59 Å². The third-order valence-corrected chi connectivity index (χ3v) is 3.68. The molecular formula is C14H16N2O3. The number of amides is 2. The topological polar surface area (TPSA) is 67.4 Å². The molecule has 100 valence electrons. The molecular weight excluding hydrogens is 244 g/mol. The number of rotatable bonds is 3. The number of nitrogens with one attached hydrogen (secondary N) is 2. The first-order chi connectivity index (χ1) is 9.13. The highest BCUT2D eigenvalue weighted by Crippen LogP contribution is 2.36. The summed E-state index contributed by atoms with van der Waals surface area (Å²) in [5, 5.41) is 5.62. The molecule has 3 rings (SSSR count). The van der Waals surface area contributed by atoms with E-state index in [1.54, 1.807) is 18.2 Å². The monoisotopic (exact) mass is 260 g/mol. The zero-order chi connectivity index (χ0) is 13.4. The predicted molar refractivity (Wildman–Crippen MR) is 70.2 cm³/mol. The molecule has 0 aromatic heterocycles. The maximum absolute atomic E-state index is 12.0. The highest BCUT2D eigenvalue weighted by atomic mass is 16.5. The lowest BCUT2D eigenvalue weighted by Crippen LogP contribution is -2.27. The second-order valence-corrected chi connectivity index (χ2v) is 5.23. The van der Waals surface area contributed by atoms with E-state index in [2.05, 4.69) is 17.6 Å². The fraction of sp³-hybridized carbons (Fsp3) is 0.429. The first kappa shape index (κ1) is 12.0. The molecule has 19 heavy (non-hydrogen) atoms. The summed E-state index contributed by atoms with van der Waals surface area (Å²) in [5.41, 5.74) is 1.17. The number of fused-ring (bicyclic) bond motifs is 1. The Morgan fingerprint density at radius 1 is 1.53 bits per heavy atom. The molecule has 1 heterocycles. The Morgan fingerprint density at radius 2 is 2.32 bits per heavy atom. The fourth-order valence-corrected chi connectivity index (χ4v) is 2.23. The molecule has 0 bridgehead atoms. The number of ether oxygens (including phenoxy) is 1. The van der Waals surface area contributed by atoms with Gasteiger partial charge in [-0.3, -0.25) is 9.59 Å². The Balaban J connectivity index is 1.67. The van der Waals surface area contributed by atoms with E-state index in [1.807, 2.05) is 0 Å². The van der Waals surface area contributed by atoms with Crippen LogP contribution in [0, 0.1) is 11.8 Å². The zero-order valence-corrected chi connectivity index (χ0v) is 10.7. The highest BCUT2D eigenvalue weighted by Gasteiger charge is 2.32. The van der Waals surface area contributed by atoms with Gasteiger partial charge in [-0.1, -0.05) is 6.92 Å². The number of carbonyl (C=O) groups is 2. The van der Waals surface area contributed by atoms with Crippen molar-refractivity contribution in [3.8, 4) is 5.75 Å². The molecule has 1 aliphatic carbocycles. The Morgan fingerprint density at radius 3 is 3.05 bits per heavy atom. The van der Waals surface area contributed by atoms with Gasteiger partial charge in [-0.2, -0.15) is 0 Å². The molecule has 5 heteroatoms. The fourth-order valence-electron chi connectivity index (χ4n) is 2.23. The molecule has 0 saturated heterocycles. The normalized spacial score (nSPS) is 23.9. The molecule has 5 nitrogen and oxygen atoms in total. The van der Waals surface area contributed by atoms with E-state index < -0.39 is 0 Å². The summed E-state index contributed by atoms with van der Waals surface area (Å²) in [5.74, 6) is 1.63. The Hall–Kier alpha value is -2.04. The maximum Gasteiger partial charge on any atom is 0.262 e. The minimum absolute atomic E-state index is 0.00232. The van der Waals surface area contributed by atoms with Gasteiger partial charge in [-0.15, -0.1) is 0 Å². The standard InChI is InChI=1S/C14H16N2O3/c1-8-4-10(8)6-15-14(18)9-2-3-11-12(5-9)19-7-13(17)16-11/h2-3,5,8,10H,4,6-7H2,1H3,(H,15,18)(H,16,17)/t8-,10+/m1/s1. The van der Waals surface area contributed by atoms with Gasteiger partial charge in [0.15, 0.2) is 6.61 Å². The first-order valence-corrected chi connectivity index (χ1v) is 6.48. The van der Waals surface area contributed by atoms with Gasteiger partial charge in [-0.25, -0.2) is 0 Å². The maximum atomic E-state index is 12.0. The van der Waals surface area contributed by atoms with Crippen LogP contribution in [0.3, 0.4) is 0 Å². The van der Waals surface area contributed by atoms with Crippen LogP contribution < -0.4 is 15.4 Å². The van der Waals surface area contributed by atoms with Crippen molar-refractivity contribution in [2.24, 2.45) is 11.8 Å². The smallest absolute Gasteiger partial charge is 0.262 e. The van der Waals surface area contributed by atoms with E-state index in [1.165, 1.54) is 6.42 Å². The number of hydrogen-bond acceptors (Lipinski definition) is 3. The average Bonchev–Trinajstić information content (AvgIpc) is 3.11. The molecule has 0 spiro atoms. The van der Waals surface area contributed by atoms with Crippen molar-refractivity contribution in [3.63, 3.8) is 0 Å². The number of anilines is 1. The van der Waals surface area contributed by atoms with Gasteiger partial charge in [-0.05, 0) is 36.5 Å². The van der Waals surface area contributed by atoms with Crippen LogP contribution in [-0.2, 0) is 4.79 Å². The van der Waals surface area contributed by atoms with Crippen LogP contribution in [0.25, 0.3) is 0 Å². The number of benzene rings is 1. The van der Waals surface area contributed by atoms with Crippen LogP contribution in [0.1, 0.15) is 23.7 Å². The molecule has 0 unspecified atom stereocenters. The number of hydrogen-bond donors (Lipinski definition) is 2. The van der Waals surface area contributed by atoms with Crippen LogP contribution >= 0.6 is 0 Å². The molecule has 2 atom stereocenters. The lowest BCUT2D eigenvalue weighted by Gasteiger charge is -2.18. The van der Waals surface area contributed by atoms with Crippen molar-refractivity contribution in [2.75, 3.05) is 18.5 Å². The largest absolute Gasteiger partial charge is 0.482 e. The van der Waals surface area contributed by atoms with Crippen molar-refractivity contribution in [1.82, 2.24) is 5.32 Å². The van der Waals surface area contributed by atoms with E-state index in [4.69, 9.17) is 4.74 Å². The summed E-state index contributed by atoms with van der Waals surface area (Å²) < 4.78 is 5.29. The second-order valence-electron chi connectivity index (χ2n) is 5.23. The molecule has 2 N–H and O–H groups in total. The van der Waals surface area contributed by atoms with Gasteiger partial charge in [0.05, 0.1) is 5.69 Å². The highest BCUT2D eigenvalue weighted by molar-refractivity contribution is 5.98. The van der Waals surface area contributed by atoms with Crippen molar-refractivity contribution in [3.05, 3.63) is 23.8 Å². The lowest BCUT2D eigenvalue weighted by atomic mass is 10.1. The van der Waals surface area contributed by atoms with Gasteiger partial charge < -0.3 is 15.4 Å². The quantitative estimate of drug-likeness (QED) is 0.863. The van der Waals surface area contributed by atoms with E-state index >= 15 is 0 Å². The lowest BCUT2D eigenvalue weighted by molar-refractivity contribution is -0.118. The van der Waals surface area contributed by atoms with Crippen molar-refractivity contribution in [2.45, 2.75) is 13.3 Å². The molecule has 1 saturated carbocycles. The molecule has 1 fully saturated rings. The summed E-state index contributed by atoms with van der Waals surface area (Å²) in [6.07, 6.45) is 1.19. The SMILES string of the molecule is C[C@@H]1C[C@H]1CNC(=O)c1ccc2c(c1)OCC(=O)N2. The Bertz CT molecular complexity index is 541. The van der Waals surface area contributed by atoms with Crippen molar-refractivity contribution in [1.29, 1.82) is 0 Å². The van der Waals surface area contributed by atoms with Gasteiger partial charge >= 0.3 is 0 Å². The summed E-state index contributed by atoms with van der Waals surface area (Å²) in [6.45, 7) is 2.92. The van der Waals surface area contributed by atoms with Crippen molar-refractivity contribution < 1.29 is 14.3 Å². The second kappa shape index (κ2) is 4.57. The van der Waals surface area contributed by atoms with Gasteiger partial charge in [0, 0.05) is 12.1 Å². The minimum Gasteiger partial charge on any atom is -0.482 e. The third-order valence-electron chi connectivity index (χ3n) is 3.68. The molecule has 1 aromatic carbocycles. The summed E-state index contributed by atoms with van der Waals surface area (Å²) in [7, 11) is 0. The molecule has 0 radical (unpaired) electrons. The predicted octanol–water partition coefficient (Wildman–Crippen LogP) is 1.40. The average molecular weight is 260 g/mol. The molecule has 1 aromatic rings. The first-order valence-electron chi connectivity index (χ1n) is 6.48. The Labute approximate surface area is 111 Å². The van der Waals surface area contributed by atoms with Crippen molar-refractivity contribution >= 4 is 17.5 Å². The van der Waals surface area contributed by atoms with Crippen LogP contribution in [-0.4, -0.2) is 25.0 Å². The van der Waals surface area contributed by atoms with Crippen LogP contribution in [0.5, 0.6) is 5.75 Å². The van der Waals surface area contributed by atoms with Crippen LogP contribution in [0.15, 0.2) is 18.2 Å². The third kappa shape index (κ3) is 2.54. The molecule has 2 amide bonds. The van der Waals surface area contributed by atoms with E-state index in [0.29, 0.717) is 22.9 Å². The Kier molecular flexibility index (Phi) is 2.89. The summed E-state index contributed by atoms with van der Waals surface area (Å²) >= 11 is 0.